The highest BCUT2D eigenvalue weighted by Gasteiger charge is 2.49. The quantitative estimate of drug-likeness (QED) is 0.0991. The van der Waals surface area contributed by atoms with E-state index in [1.807, 2.05) is 0 Å². The topological polar surface area (TPSA) is 26.3 Å². The molecule has 0 radical (unpaired) electrons. The monoisotopic (exact) mass is 564 g/mol. The number of rotatable bonds is 23. The maximum atomic E-state index is 12.1. The summed E-state index contributed by atoms with van der Waals surface area (Å²) in [6, 6.07) is 21.9. The van der Waals surface area contributed by atoms with Crippen LogP contribution in [0.25, 0.3) is 0 Å². The second-order valence-electron chi connectivity index (χ2n) is 12.9. The maximum absolute atomic E-state index is 12.1. The SMILES string of the molecule is CCCCCCCCCC(=O)CCCCCCCCCCCO[Si](c1ccccc1)(c1ccccc1)C(C)(C)C. The molecule has 3 heteroatoms. The third-order valence-corrected chi connectivity index (χ3v) is 13.4. The van der Waals surface area contributed by atoms with Crippen molar-refractivity contribution in [2.75, 3.05) is 6.61 Å². The minimum absolute atomic E-state index is 0.0498. The maximum Gasteiger partial charge on any atom is 0.261 e. The number of carbonyl (C=O) groups is 1. The normalized spacial score (nSPS) is 12.1. The van der Waals surface area contributed by atoms with Crippen molar-refractivity contribution in [3.8, 4) is 0 Å². The zero-order valence-electron chi connectivity index (χ0n) is 26.5. The van der Waals surface area contributed by atoms with E-state index >= 15 is 0 Å². The summed E-state index contributed by atoms with van der Waals surface area (Å²) >= 11 is 0. The minimum atomic E-state index is -2.39. The van der Waals surface area contributed by atoms with Crippen LogP contribution in [0, 0.1) is 0 Å². The summed E-state index contributed by atoms with van der Waals surface area (Å²) < 4.78 is 7.02. The van der Waals surface area contributed by atoms with Crippen molar-refractivity contribution in [3.05, 3.63) is 60.7 Å². The van der Waals surface area contributed by atoms with Crippen molar-refractivity contribution in [2.24, 2.45) is 0 Å². The molecule has 0 atom stereocenters. The van der Waals surface area contributed by atoms with E-state index in [0.29, 0.717) is 5.78 Å². The van der Waals surface area contributed by atoms with E-state index in [4.69, 9.17) is 4.43 Å². The number of ketones is 1. The molecule has 0 amide bonds. The Morgan fingerprint density at radius 3 is 1.35 bits per heavy atom. The molecule has 224 valence electrons. The van der Waals surface area contributed by atoms with Gasteiger partial charge in [-0.3, -0.25) is 4.79 Å². The lowest BCUT2D eigenvalue weighted by atomic mass is 10.0. The lowest BCUT2D eigenvalue weighted by Crippen LogP contribution is -2.66. The van der Waals surface area contributed by atoms with Gasteiger partial charge in [-0.1, -0.05) is 172 Å². The van der Waals surface area contributed by atoms with Crippen molar-refractivity contribution >= 4 is 24.5 Å². The predicted octanol–water partition coefficient (Wildman–Crippen LogP) is 10.2. The Morgan fingerprint density at radius 2 is 0.950 bits per heavy atom. The lowest BCUT2D eigenvalue weighted by Gasteiger charge is -2.43. The predicted molar refractivity (Wildman–Crippen MR) is 177 cm³/mol. The molecule has 0 aromatic heterocycles. The first-order valence-corrected chi connectivity index (χ1v) is 18.6. The molecule has 2 aromatic rings. The summed E-state index contributed by atoms with van der Waals surface area (Å²) in [5.74, 6) is 0.494. The average molecular weight is 565 g/mol. The first-order chi connectivity index (χ1) is 19.4. The van der Waals surface area contributed by atoms with Crippen molar-refractivity contribution in [2.45, 2.75) is 148 Å². The highest BCUT2D eigenvalue weighted by atomic mass is 28.4. The summed E-state index contributed by atoms with van der Waals surface area (Å²) in [5, 5.41) is 2.79. The zero-order valence-corrected chi connectivity index (χ0v) is 27.5. The minimum Gasteiger partial charge on any atom is -0.407 e. The fourth-order valence-corrected chi connectivity index (χ4v) is 10.7. The second kappa shape index (κ2) is 20.2. The molecule has 2 nitrogen and oxygen atoms in total. The van der Waals surface area contributed by atoms with Crippen LogP contribution >= 0.6 is 0 Å². The average Bonchev–Trinajstić information content (AvgIpc) is 2.95. The Bertz CT molecular complexity index is 848. The lowest BCUT2D eigenvalue weighted by molar-refractivity contribution is -0.119. The van der Waals surface area contributed by atoms with Crippen molar-refractivity contribution in [3.63, 3.8) is 0 Å². The van der Waals surface area contributed by atoms with Gasteiger partial charge in [-0.25, -0.2) is 0 Å². The van der Waals surface area contributed by atoms with Gasteiger partial charge >= 0.3 is 0 Å². The van der Waals surface area contributed by atoms with Crippen LogP contribution in [-0.2, 0) is 9.22 Å². The standard InChI is InChI=1S/C37H60O2Si/c1-5-6-7-8-12-15-20-27-34(38)28-21-16-13-10-9-11-14-17-26-33-39-40(37(2,3)4,35-29-22-18-23-30-35)36-31-24-19-25-32-36/h18-19,22-25,29-32H,5-17,20-21,26-28,33H2,1-4H3. The fraction of sp³-hybridized carbons (Fsp3) is 0.649. The largest absolute Gasteiger partial charge is 0.407 e. The molecule has 0 fully saturated rings. The molecule has 0 saturated heterocycles. The molecule has 0 N–H and O–H groups in total. The third kappa shape index (κ3) is 12.4. The van der Waals surface area contributed by atoms with Crippen LogP contribution in [0.5, 0.6) is 0 Å². The summed E-state index contributed by atoms with van der Waals surface area (Å²) in [6.07, 6.45) is 21.8. The Balaban J connectivity index is 1.58. The molecule has 0 spiro atoms. The van der Waals surface area contributed by atoms with Crippen LogP contribution in [0.3, 0.4) is 0 Å². The number of unbranched alkanes of at least 4 members (excludes halogenated alkanes) is 14. The molecule has 0 bridgehead atoms. The molecule has 0 unspecified atom stereocenters. The summed E-state index contributed by atoms with van der Waals surface area (Å²) in [6.45, 7) is 10.1. The molecular weight excluding hydrogens is 504 g/mol. The van der Waals surface area contributed by atoms with Crippen molar-refractivity contribution in [1.29, 1.82) is 0 Å². The Labute approximate surface area is 248 Å². The van der Waals surface area contributed by atoms with Gasteiger partial charge < -0.3 is 4.43 Å². The van der Waals surface area contributed by atoms with E-state index in [1.165, 1.54) is 93.8 Å². The zero-order chi connectivity index (χ0) is 28.9. The molecule has 40 heavy (non-hydrogen) atoms. The van der Waals surface area contributed by atoms with Gasteiger partial charge in [0.05, 0.1) is 0 Å². The van der Waals surface area contributed by atoms with Gasteiger partial charge in [0.2, 0.25) is 0 Å². The fourth-order valence-electron chi connectivity index (χ4n) is 6.05. The molecule has 0 saturated carbocycles. The van der Waals surface area contributed by atoms with Crippen LogP contribution in [0.4, 0.5) is 0 Å². The van der Waals surface area contributed by atoms with Gasteiger partial charge in [0, 0.05) is 19.4 Å². The highest BCUT2D eigenvalue weighted by molar-refractivity contribution is 6.99. The van der Waals surface area contributed by atoms with Gasteiger partial charge in [-0.15, -0.1) is 0 Å². The number of benzene rings is 2. The van der Waals surface area contributed by atoms with Crippen LogP contribution < -0.4 is 10.4 Å². The molecule has 0 aliphatic rings. The molecule has 2 rings (SSSR count). The van der Waals surface area contributed by atoms with Gasteiger partial charge in [-0.2, -0.15) is 0 Å². The van der Waals surface area contributed by atoms with E-state index < -0.39 is 8.32 Å². The molecular formula is C37H60O2Si. The number of hydrogen-bond acceptors (Lipinski definition) is 2. The van der Waals surface area contributed by atoms with E-state index in [1.54, 1.807) is 0 Å². The molecule has 0 aliphatic heterocycles. The first-order valence-electron chi connectivity index (χ1n) is 16.7. The van der Waals surface area contributed by atoms with Gasteiger partial charge in [0.1, 0.15) is 5.78 Å². The van der Waals surface area contributed by atoms with E-state index in [-0.39, 0.29) is 5.04 Å². The van der Waals surface area contributed by atoms with E-state index in [9.17, 15) is 4.79 Å². The van der Waals surface area contributed by atoms with Crippen LogP contribution in [0.2, 0.25) is 5.04 Å². The molecule has 2 aromatic carbocycles. The van der Waals surface area contributed by atoms with Gasteiger partial charge in [0.15, 0.2) is 0 Å². The van der Waals surface area contributed by atoms with E-state index in [0.717, 1.165) is 38.7 Å². The Morgan fingerprint density at radius 1 is 0.575 bits per heavy atom. The van der Waals surface area contributed by atoms with E-state index in [2.05, 4.69) is 88.4 Å². The number of hydrogen-bond donors (Lipinski definition) is 0. The number of Topliss-reactive ketones (excluding diaryl/α,β-unsaturated/α-hetero) is 1. The summed E-state index contributed by atoms with van der Waals surface area (Å²) in [7, 11) is -2.39. The Kier molecular flexibility index (Phi) is 17.4. The van der Waals surface area contributed by atoms with Gasteiger partial charge in [0.25, 0.3) is 8.32 Å². The molecule has 0 heterocycles. The second-order valence-corrected chi connectivity index (χ2v) is 17.2. The summed E-state index contributed by atoms with van der Waals surface area (Å²) in [4.78, 5) is 12.1. The smallest absolute Gasteiger partial charge is 0.261 e. The third-order valence-electron chi connectivity index (χ3n) is 8.39. The van der Waals surface area contributed by atoms with Gasteiger partial charge in [-0.05, 0) is 34.7 Å². The van der Waals surface area contributed by atoms with Crippen molar-refractivity contribution < 1.29 is 9.22 Å². The van der Waals surface area contributed by atoms with Crippen molar-refractivity contribution in [1.82, 2.24) is 0 Å². The van der Waals surface area contributed by atoms with Crippen LogP contribution in [0.15, 0.2) is 60.7 Å². The van der Waals surface area contributed by atoms with Crippen LogP contribution in [0.1, 0.15) is 143 Å². The molecule has 0 aliphatic carbocycles. The summed E-state index contributed by atoms with van der Waals surface area (Å²) in [5.41, 5.74) is 0. The Hall–Kier alpha value is -1.71. The number of carbonyl (C=O) groups excluding carboxylic acids is 1. The first kappa shape index (κ1) is 34.5. The van der Waals surface area contributed by atoms with Crippen LogP contribution in [-0.4, -0.2) is 20.7 Å². The highest BCUT2D eigenvalue weighted by Crippen LogP contribution is 2.36.